The minimum atomic E-state index is -2.84. The van der Waals surface area contributed by atoms with Crippen molar-refractivity contribution in [3.8, 4) is 5.69 Å². The maximum absolute atomic E-state index is 2.84. The van der Waals surface area contributed by atoms with Crippen LogP contribution in [-0.2, 0) is 0 Å². The van der Waals surface area contributed by atoms with Crippen LogP contribution >= 0.6 is 0 Å². The molecular weight excluding hydrogens is 459 g/mol. The third-order valence-corrected chi connectivity index (χ3v) is 16.3. The molecular formula is C31H25GeN. The van der Waals surface area contributed by atoms with Crippen molar-refractivity contribution in [3.63, 3.8) is 0 Å². The minimum absolute atomic E-state index is 1.23. The Morgan fingerprint density at radius 2 is 0.909 bits per heavy atom. The van der Waals surface area contributed by atoms with E-state index in [-0.39, 0.29) is 0 Å². The molecule has 0 aliphatic heterocycles. The van der Waals surface area contributed by atoms with Crippen LogP contribution in [0.2, 0.25) is 5.76 Å². The molecule has 1 nitrogen and oxygen atoms in total. The summed E-state index contributed by atoms with van der Waals surface area (Å²) in [5, 5.41) is 2.60. The van der Waals surface area contributed by atoms with Gasteiger partial charge in [-0.1, -0.05) is 0 Å². The molecule has 6 aromatic rings. The third-order valence-electron chi connectivity index (χ3n) is 6.96. The van der Waals surface area contributed by atoms with E-state index >= 15 is 0 Å². The Hall–Kier alpha value is -3.56. The van der Waals surface area contributed by atoms with Gasteiger partial charge in [-0.15, -0.1) is 0 Å². The fourth-order valence-corrected chi connectivity index (χ4v) is 12.7. The van der Waals surface area contributed by atoms with Crippen molar-refractivity contribution in [1.29, 1.82) is 0 Å². The Morgan fingerprint density at radius 3 is 1.45 bits per heavy atom. The number of aromatic nitrogens is 1. The van der Waals surface area contributed by atoms with E-state index in [4.69, 9.17) is 0 Å². The molecule has 0 radical (unpaired) electrons. The van der Waals surface area contributed by atoms with Crippen LogP contribution in [0.1, 0.15) is 0 Å². The fraction of sp³-hybridized carbons (Fsp3) is 0.0323. The summed E-state index contributed by atoms with van der Waals surface area (Å²) in [6.45, 7) is 0. The van der Waals surface area contributed by atoms with E-state index in [2.05, 4.69) is 144 Å². The molecule has 158 valence electrons. The van der Waals surface area contributed by atoms with Gasteiger partial charge in [-0.3, -0.25) is 0 Å². The first kappa shape index (κ1) is 20.1. The number of hydrogen-bond acceptors (Lipinski definition) is 0. The van der Waals surface area contributed by atoms with Gasteiger partial charge in [0.25, 0.3) is 0 Å². The van der Waals surface area contributed by atoms with Crippen molar-refractivity contribution in [3.05, 3.63) is 133 Å². The molecule has 0 bridgehead atoms. The standard InChI is InChI=1S/C31H25GeN/c1-32(24-13-4-2-5-14-24,25-15-6-3-7-16-25)26-17-12-18-27(23-26)33-30-21-10-8-19-28(30)29-20-9-11-22-31(29)33/h2-23H,1H3. The zero-order valence-corrected chi connectivity index (χ0v) is 20.7. The zero-order valence-electron chi connectivity index (χ0n) is 18.6. The van der Waals surface area contributed by atoms with Gasteiger partial charge in [0, 0.05) is 0 Å². The zero-order chi connectivity index (χ0) is 22.3. The first-order valence-corrected chi connectivity index (χ1v) is 16.7. The van der Waals surface area contributed by atoms with E-state index in [1.807, 2.05) is 0 Å². The molecule has 0 N–H and O–H groups in total. The van der Waals surface area contributed by atoms with Crippen molar-refractivity contribution >= 4 is 48.3 Å². The van der Waals surface area contributed by atoms with Gasteiger partial charge in [0.2, 0.25) is 0 Å². The molecule has 0 fully saturated rings. The molecule has 0 aliphatic rings. The van der Waals surface area contributed by atoms with E-state index in [0.29, 0.717) is 0 Å². The van der Waals surface area contributed by atoms with Gasteiger partial charge in [-0.25, -0.2) is 0 Å². The summed E-state index contributed by atoms with van der Waals surface area (Å²) in [6.07, 6.45) is 0. The Kier molecular flexibility index (Phi) is 4.92. The van der Waals surface area contributed by atoms with E-state index < -0.39 is 13.3 Å². The average Bonchev–Trinajstić information content (AvgIpc) is 3.24. The van der Waals surface area contributed by atoms with Gasteiger partial charge in [-0.2, -0.15) is 0 Å². The molecule has 1 heterocycles. The number of benzene rings is 5. The second kappa shape index (κ2) is 8.09. The van der Waals surface area contributed by atoms with Gasteiger partial charge in [0.15, 0.2) is 0 Å². The molecule has 0 unspecified atom stereocenters. The van der Waals surface area contributed by atoms with Gasteiger partial charge in [0.1, 0.15) is 0 Å². The molecule has 0 saturated carbocycles. The predicted octanol–water partition coefficient (Wildman–Crippen LogP) is 5.88. The van der Waals surface area contributed by atoms with Crippen molar-refractivity contribution in [1.82, 2.24) is 4.57 Å². The van der Waals surface area contributed by atoms with E-state index in [0.717, 1.165) is 0 Å². The van der Waals surface area contributed by atoms with E-state index in [9.17, 15) is 0 Å². The normalized spacial score (nSPS) is 11.8. The quantitative estimate of drug-likeness (QED) is 0.276. The predicted molar refractivity (Wildman–Crippen MR) is 144 cm³/mol. The molecule has 1 aromatic heterocycles. The number of hydrogen-bond donors (Lipinski definition) is 0. The maximum atomic E-state index is 2.52. The van der Waals surface area contributed by atoms with Crippen LogP contribution in [0, 0.1) is 0 Å². The summed E-state index contributed by atoms with van der Waals surface area (Å²) < 4.78 is 6.84. The topological polar surface area (TPSA) is 4.93 Å². The van der Waals surface area contributed by atoms with Crippen molar-refractivity contribution < 1.29 is 0 Å². The summed E-state index contributed by atoms with van der Waals surface area (Å²) >= 11 is -2.84. The summed E-state index contributed by atoms with van der Waals surface area (Å²) in [7, 11) is 0. The van der Waals surface area contributed by atoms with Crippen molar-refractivity contribution in [2.24, 2.45) is 0 Å². The van der Waals surface area contributed by atoms with Crippen LogP contribution in [0.3, 0.4) is 0 Å². The summed E-state index contributed by atoms with van der Waals surface area (Å²) in [5.41, 5.74) is 3.74. The average molecular weight is 484 g/mol. The van der Waals surface area contributed by atoms with Crippen LogP contribution in [0.5, 0.6) is 0 Å². The van der Waals surface area contributed by atoms with Crippen LogP contribution in [0.15, 0.2) is 133 Å². The number of nitrogens with zero attached hydrogens (tertiary/aromatic N) is 1. The second-order valence-corrected chi connectivity index (χ2v) is 17.1. The number of rotatable bonds is 4. The molecule has 0 aliphatic carbocycles. The molecule has 0 spiro atoms. The van der Waals surface area contributed by atoms with Crippen molar-refractivity contribution in [2.45, 2.75) is 5.76 Å². The first-order chi connectivity index (χ1) is 16.3. The molecule has 33 heavy (non-hydrogen) atoms. The Morgan fingerprint density at radius 1 is 0.455 bits per heavy atom. The monoisotopic (exact) mass is 485 g/mol. The molecule has 0 atom stereocenters. The molecule has 0 saturated heterocycles. The summed E-state index contributed by atoms with van der Waals surface area (Å²) in [5.74, 6) is 2.52. The van der Waals surface area contributed by atoms with Gasteiger partial charge in [-0.05, 0) is 0 Å². The van der Waals surface area contributed by atoms with Crippen LogP contribution in [-0.4, -0.2) is 17.8 Å². The van der Waals surface area contributed by atoms with Crippen LogP contribution < -0.4 is 13.2 Å². The SMILES string of the molecule is [CH3][Ge]([c]1ccccc1)([c]1ccccc1)[c]1cccc(-n2c3ccccc3c3ccccc32)c1. The molecule has 6 rings (SSSR count). The summed E-state index contributed by atoms with van der Waals surface area (Å²) in [6, 6.07) is 49.0. The van der Waals surface area contributed by atoms with Gasteiger partial charge >= 0.3 is 198 Å². The molecule has 5 aromatic carbocycles. The van der Waals surface area contributed by atoms with E-state index in [1.54, 1.807) is 0 Å². The molecule has 2 heteroatoms. The Labute approximate surface area is 197 Å². The number of fused-ring (bicyclic) bond motifs is 3. The van der Waals surface area contributed by atoms with Crippen LogP contribution in [0.4, 0.5) is 0 Å². The Balaban J connectivity index is 1.63. The summed E-state index contributed by atoms with van der Waals surface area (Å²) in [4.78, 5) is 0. The number of para-hydroxylation sites is 2. The van der Waals surface area contributed by atoms with Gasteiger partial charge < -0.3 is 0 Å². The molecule has 0 amide bonds. The van der Waals surface area contributed by atoms with Crippen LogP contribution in [0.25, 0.3) is 27.5 Å². The Bertz CT molecular complexity index is 1470. The van der Waals surface area contributed by atoms with E-state index in [1.165, 1.54) is 40.7 Å². The first-order valence-electron chi connectivity index (χ1n) is 11.5. The third kappa shape index (κ3) is 3.23. The fourth-order valence-electron chi connectivity index (χ4n) is 5.20. The van der Waals surface area contributed by atoms with Crippen molar-refractivity contribution in [2.75, 3.05) is 0 Å². The second-order valence-electron chi connectivity index (χ2n) is 8.78. The van der Waals surface area contributed by atoms with Gasteiger partial charge in [0.05, 0.1) is 0 Å².